The second-order valence-corrected chi connectivity index (χ2v) is 6.03. The normalized spacial score (nSPS) is 17.9. The van der Waals surface area contributed by atoms with Gasteiger partial charge >= 0.3 is 0 Å². The van der Waals surface area contributed by atoms with Crippen LogP contribution < -0.4 is 5.32 Å². The Labute approximate surface area is 126 Å². The van der Waals surface area contributed by atoms with Crippen LogP contribution in [0.1, 0.15) is 30.1 Å². The van der Waals surface area contributed by atoms with Gasteiger partial charge in [0.2, 0.25) is 0 Å². The molecule has 98 valence electrons. The molecule has 0 saturated carbocycles. The lowest BCUT2D eigenvalue weighted by Gasteiger charge is -2.26. The molecule has 1 heterocycles. The van der Waals surface area contributed by atoms with E-state index in [0.29, 0.717) is 0 Å². The van der Waals surface area contributed by atoms with Crippen molar-refractivity contribution >= 4 is 33.2 Å². The van der Waals surface area contributed by atoms with Crippen molar-refractivity contribution in [1.29, 1.82) is 0 Å². The summed E-state index contributed by atoms with van der Waals surface area (Å²) in [7, 11) is 0. The van der Waals surface area contributed by atoms with Gasteiger partial charge in [0.1, 0.15) is 0 Å². The Morgan fingerprint density at radius 2 is 2.21 bits per heavy atom. The molecule has 0 radical (unpaired) electrons. The van der Waals surface area contributed by atoms with E-state index in [-0.39, 0.29) is 6.04 Å². The van der Waals surface area contributed by atoms with Crippen molar-refractivity contribution in [2.75, 3.05) is 5.32 Å². The Bertz CT molecular complexity index is 600. The number of aryl methyl sites for hydroxylation is 1. The minimum Gasteiger partial charge on any atom is -0.377 e. The molecule has 0 spiro atoms. The largest absolute Gasteiger partial charge is 0.377 e. The number of benzene rings is 1. The summed E-state index contributed by atoms with van der Waals surface area (Å²) in [6.07, 6.45) is 5.30. The van der Waals surface area contributed by atoms with Gasteiger partial charge in [0.25, 0.3) is 0 Å². The molecule has 1 N–H and O–H groups in total. The molecule has 1 aromatic carbocycles. The molecule has 1 atom stereocenters. The molecule has 1 aliphatic carbocycles. The first-order valence-electron chi connectivity index (χ1n) is 6.39. The van der Waals surface area contributed by atoms with E-state index in [2.05, 4.69) is 32.3 Å². The van der Waals surface area contributed by atoms with Crippen LogP contribution in [-0.2, 0) is 6.42 Å². The minimum atomic E-state index is 0.280. The number of hydrogen-bond donors (Lipinski definition) is 1. The van der Waals surface area contributed by atoms with Gasteiger partial charge in [0.05, 0.1) is 16.8 Å². The van der Waals surface area contributed by atoms with Crippen molar-refractivity contribution in [3.8, 4) is 0 Å². The SMILES string of the molecule is Clc1cc(NC2CCCc3cccnc32)ccc1Br. The van der Waals surface area contributed by atoms with Crippen LogP contribution in [0.3, 0.4) is 0 Å². The van der Waals surface area contributed by atoms with Crippen molar-refractivity contribution < 1.29 is 0 Å². The first kappa shape index (κ1) is 12.9. The predicted octanol–water partition coefficient (Wildman–Crippen LogP) is 4.99. The zero-order chi connectivity index (χ0) is 13.2. The lowest BCUT2D eigenvalue weighted by Crippen LogP contribution is -2.18. The topological polar surface area (TPSA) is 24.9 Å². The number of hydrogen-bond acceptors (Lipinski definition) is 2. The Morgan fingerprint density at radius 1 is 1.32 bits per heavy atom. The van der Waals surface area contributed by atoms with Crippen molar-refractivity contribution in [2.24, 2.45) is 0 Å². The highest BCUT2D eigenvalue weighted by atomic mass is 79.9. The van der Waals surface area contributed by atoms with Crippen molar-refractivity contribution in [2.45, 2.75) is 25.3 Å². The zero-order valence-corrected chi connectivity index (χ0v) is 12.7. The summed E-state index contributed by atoms with van der Waals surface area (Å²) in [5, 5.41) is 4.26. The average Bonchev–Trinajstić information content (AvgIpc) is 2.43. The molecule has 3 rings (SSSR count). The predicted molar refractivity (Wildman–Crippen MR) is 82.7 cm³/mol. The summed E-state index contributed by atoms with van der Waals surface area (Å²) in [4.78, 5) is 4.53. The van der Waals surface area contributed by atoms with Gasteiger partial charge in [0, 0.05) is 16.4 Å². The quantitative estimate of drug-likeness (QED) is 0.835. The van der Waals surface area contributed by atoms with E-state index in [9.17, 15) is 0 Å². The molecule has 19 heavy (non-hydrogen) atoms. The number of nitrogens with zero attached hydrogens (tertiary/aromatic N) is 1. The molecule has 0 fully saturated rings. The third kappa shape index (κ3) is 2.77. The lowest BCUT2D eigenvalue weighted by molar-refractivity contribution is 0.583. The second-order valence-electron chi connectivity index (χ2n) is 4.77. The summed E-state index contributed by atoms with van der Waals surface area (Å²) < 4.78 is 0.918. The second kappa shape index (κ2) is 5.51. The first-order valence-corrected chi connectivity index (χ1v) is 7.56. The lowest BCUT2D eigenvalue weighted by atomic mass is 9.92. The Hall–Kier alpha value is -1.06. The van der Waals surface area contributed by atoms with Gasteiger partial charge in [-0.05, 0) is 65.0 Å². The number of fused-ring (bicyclic) bond motifs is 1. The van der Waals surface area contributed by atoms with E-state index < -0.39 is 0 Å². The van der Waals surface area contributed by atoms with Gasteiger partial charge in [0.15, 0.2) is 0 Å². The molecule has 0 aliphatic heterocycles. The van der Waals surface area contributed by atoms with Crippen LogP contribution >= 0.6 is 27.5 Å². The first-order chi connectivity index (χ1) is 9.24. The third-order valence-corrected chi connectivity index (χ3v) is 4.69. The highest BCUT2D eigenvalue weighted by Gasteiger charge is 2.21. The van der Waals surface area contributed by atoms with Crippen LogP contribution in [0.25, 0.3) is 0 Å². The number of rotatable bonds is 2. The van der Waals surface area contributed by atoms with E-state index in [1.54, 1.807) is 0 Å². The summed E-state index contributed by atoms with van der Waals surface area (Å²) >= 11 is 9.54. The van der Waals surface area contributed by atoms with E-state index in [0.717, 1.165) is 28.0 Å². The van der Waals surface area contributed by atoms with E-state index >= 15 is 0 Å². The number of pyridine rings is 1. The standard InChI is InChI=1S/C15H14BrClN2/c16-12-7-6-11(9-13(12)17)19-14-5-1-3-10-4-2-8-18-15(10)14/h2,4,6-9,14,19H,1,3,5H2. The summed E-state index contributed by atoms with van der Waals surface area (Å²) in [6, 6.07) is 10.4. The molecule has 2 nitrogen and oxygen atoms in total. The van der Waals surface area contributed by atoms with Gasteiger partial charge in [-0.25, -0.2) is 0 Å². The van der Waals surface area contributed by atoms with Crippen molar-refractivity contribution in [3.63, 3.8) is 0 Å². The highest BCUT2D eigenvalue weighted by Crippen LogP contribution is 2.32. The Morgan fingerprint density at radius 3 is 3.05 bits per heavy atom. The van der Waals surface area contributed by atoms with Crippen molar-refractivity contribution in [1.82, 2.24) is 4.98 Å². The molecule has 0 amide bonds. The van der Waals surface area contributed by atoms with E-state index in [1.165, 1.54) is 17.7 Å². The fraction of sp³-hybridized carbons (Fsp3) is 0.267. The Kier molecular flexibility index (Phi) is 3.76. The fourth-order valence-electron chi connectivity index (χ4n) is 2.54. The third-order valence-electron chi connectivity index (χ3n) is 3.46. The van der Waals surface area contributed by atoms with E-state index in [1.807, 2.05) is 30.5 Å². The smallest absolute Gasteiger partial charge is 0.0688 e. The number of aromatic nitrogens is 1. The molecule has 0 saturated heterocycles. The van der Waals surface area contributed by atoms with Crippen LogP contribution in [-0.4, -0.2) is 4.98 Å². The van der Waals surface area contributed by atoms with Crippen molar-refractivity contribution in [3.05, 3.63) is 57.3 Å². The minimum absolute atomic E-state index is 0.280. The van der Waals surface area contributed by atoms with Gasteiger partial charge in [-0.2, -0.15) is 0 Å². The maximum atomic E-state index is 6.13. The zero-order valence-electron chi connectivity index (χ0n) is 10.4. The van der Waals surface area contributed by atoms with E-state index in [4.69, 9.17) is 11.6 Å². The molecule has 1 aromatic heterocycles. The van der Waals surface area contributed by atoms with Gasteiger partial charge in [-0.1, -0.05) is 17.7 Å². The monoisotopic (exact) mass is 336 g/mol. The molecule has 0 bridgehead atoms. The summed E-state index contributed by atoms with van der Waals surface area (Å²) in [5.74, 6) is 0. The maximum absolute atomic E-state index is 6.13. The maximum Gasteiger partial charge on any atom is 0.0688 e. The number of halogens is 2. The van der Waals surface area contributed by atoms with Crippen LogP contribution in [0, 0.1) is 0 Å². The summed E-state index contributed by atoms with van der Waals surface area (Å²) in [5.41, 5.74) is 3.57. The molecule has 2 aromatic rings. The Balaban J connectivity index is 1.86. The van der Waals surface area contributed by atoms with Gasteiger partial charge in [-0.15, -0.1) is 0 Å². The highest BCUT2D eigenvalue weighted by molar-refractivity contribution is 9.10. The van der Waals surface area contributed by atoms with Gasteiger partial charge in [-0.3, -0.25) is 4.98 Å². The van der Waals surface area contributed by atoms with Crippen LogP contribution in [0.5, 0.6) is 0 Å². The van der Waals surface area contributed by atoms with Gasteiger partial charge < -0.3 is 5.32 Å². The molecule has 4 heteroatoms. The molecule has 1 unspecified atom stereocenters. The molecule has 1 aliphatic rings. The number of anilines is 1. The van der Waals surface area contributed by atoms with Crippen LogP contribution in [0.15, 0.2) is 41.0 Å². The molecular weight excluding hydrogens is 324 g/mol. The fourth-order valence-corrected chi connectivity index (χ4v) is 2.96. The van der Waals surface area contributed by atoms with Crippen LogP contribution in [0.4, 0.5) is 5.69 Å². The van der Waals surface area contributed by atoms with Crippen LogP contribution in [0.2, 0.25) is 5.02 Å². The average molecular weight is 338 g/mol. The summed E-state index contributed by atoms with van der Waals surface area (Å²) in [6.45, 7) is 0. The molecular formula is C15H14BrClN2. The number of nitrogens with one attached hydrogen (secondary N) is 1.